The predicted octanol–water partition coefficient (Wildman–Crippen LogP) is 2.24. The zero-order valence-corrected chi connectivity index (χ0v) is 11.8. The van der Waals surface area contributed by atoms with Crippen molar-refractivity contribution in [2.45, 2.75) is 31.2 Å². The van der Waals surface area contributed by atoms with Gasteiger partial charge in [0.25, 0.3) is 0 Å². The fourth-order valence-corrected chi connectivity index (χ4v) is 3.53. The first-order valence-electron chi connectivity index (χ1n) is 7.46. The average molecular weight is 260 g/mol. The molecular weight excluding hydrogens is 236 g/mol. The van der Waals surface area contributed by atoms with Gasteiger partial charge in [-0.05, 0) is 56.4 Å². The Morgan fingerprint density at radius 2 is 1.95 bits per heavy atom. The molecule has 0 radical (unpaired) electrons. The number of methoxy groups -OCH3 is 1. The van der Waals surface area contributed by atoms with Gasteiger partial charge in [0.2, 0.25) is 0 Å². The fraction of sp³-hybridized carbons (Fsp3) is 0.625. The van der Waals surface area contributed by atoms with Gasteiger partial charge in [0.1, 0.15) is 5.75 Å². The van der Waals surface area contributed by atoms with Crippen LogP contribution in [0.1, 0.15) is 30.7 Å². The molecule has 3 rings (SSSR count). The zero-order chi connectivity index (χ0) is 13.1. The van der Waals surface area contributed by atoms with Crippen LogP contribution in [0, 0.1) is 0 Å². The number of rotatable bonds is 3. The minimum Gasteiger partial charge on any atom is -0.496 e. The quantitative estimate of drug-likeness (QED) is 0.902. The van der Waals surface area contributed by atoms with Crippen molar-refractivity contribution in [3.8, 4) is 5.75 Å². The van der Waals surface area contributed by atoms with E-state index in [1.165, 1.54) is 51.0 Å². The van der Waals surface area contributed by atoms with Gasteiger partial charge in [-0.1, -0.05) is 18.2 Å². The summed E-state index contributed by atoms with van der Waals surface area (Å²) in [6, 6.07) is 9.28. The second kappa shape index (κ2) is 5.93. The summed E-state index contributed by atoms with van der Waals surface area (Å²) < 4.78 is 5.50. The first-order chi connectivity index (χ1) is 9.38. The van der Waals surface area contributed by atoms with Crippen LogP contribution < -0.4 is 10.1 Å². The normalized spacial score (nSPS) is 25.6. The van der Waals surface area contributed by atoms with E-state index in [1.54, 1.807) is 7.11 Å². The highest BCUT2D eigenvalue weighted by atomic mass is 16.5. The van der Waals surface area contributed by atoms with Gasteiger partial charge in [0.15, 0.2) is 0 Å². The van der Waals surface area contributed by atoms with Crippen LogP contribution in [-0.4, -0.2) is 44.2 Å². The maximum atomic E-state index is 5.50. The summed E-state index contributed by atoms with van der Waals surface area (Å²) >= 11 is 0. The topological polar surface area (TPSA) is 24.5 Å². The minimum absolute atomic E-state index is 0.668. The van der Waals surface area contributed by atoms with Gasteiger partial charge in [-0.25, -0.2) is 0 Å². The molecule has 0 aromatic heterocycles. The van der Waals surface area contributed by atoms with Crippen LogP contribution in [0.3, 0.4) is 0 Å². The number of ether oxygens (including phenoxy) is 1. The molecule has 0 spiro atoms. The molecule has 1 N–H and O–H groups in total. The number of hydrogen-bond acceptors (Lipinski definition) is 3. The molecule has 104 valence electrons. The SMILES string of the molecule is COc1ccccc1C1CCN(C2CCNC2)CC1. The molecule has 1 atom stereocenters. The molecule has 2 saturated heterocycles. The van der Waals surface area contributed by atoms with Crippen LogP contribution in [-0.2, 0) is 0 Å². The third-order valence-corrected chi connectivity index (χ3v) is 4.66. The molecule has 1 aromatic carbocycles. The predicted molar refractivity (Wildman–Crippen MR) is 77.8 cm³/mol. The molecular formula is C16H24N2O. The van der Waals surface area contributed by atoms with Gasteiger partial charge in [-0.15, -0.1) is 0 Å². The first kappa shape index (κ1) is 12.9. The van der Waals surface area contributed by atoms with Crippen molar-refractivity contribution in [1.29, 1.82) is 0 Å². The van der Waals surface area contributed by atoms with Crippen LogP contribution in [0.5, 0.6) is 5.75 Å². The van der Waals surface area contributed by atoms with Crippen molar-refractivity contribution in [2.75, 3.05) is 33.3 Å². The number of hydrogen-bond donors (Lipinski definition) is 1. The highest BCUT2D eigenvalue weighted by molar-refractivity contribution is 5.36. The number of piperidine rings is 1. The molecule has 0 aliphatic carbocycles. The Hall–Kier alpha value is -1.06. The summed E-state index contributed by atoms with van der Waals surface area (Å²) in [7, 11) is 1.78. The smallest absolute Gasteiger partial charge is 0.122 e. The molecule has 2 aliphatic heterocycles. The lowest BCUT2D eigenvalue weighted by Gasteiger charge is -2.36. The van der Waals surface area contributed by atoms with E-state index in [0.29, 0.717) is 5.92 Å². The average Bonchev–Trinajstić information content (AvgIpc) is 3.02. The Morgan fingerprint density at radius 3 is 2.63 bits per heavy atom. The lowest BCUT2D eigenvalue weighted by Crippen LogP contribution is -2.42. The van der Waals surface area contributed by atoms with Crippen LogP contribution in [0.25, 0.3) is 0 Å². The molecule has 1 aromatic rings. The Balaban J connectivity index is 1.63. The minimum atomic E-state index is 0.668. The second-order valence-electron chi connectivity index (χ2n) is 5.70. The third kappa shape index (κ3) is 2.77. The largest absolute Gasteiger partial charge is 0.496 e. The third-order valence-electron chi connectivity index (χ3n) is 4.66. The van der Waals surface area contributed by atoms with Crippen molar-refractivity contribution in [1.82, 2.24) is 10.2 Å². The number of likely N-dealkylation sites (tertiary alicyclic amines) is 1. The maximum absolute atomic E-state index is 5.50. The monoisotopic (exact) mass is 260 g/mol. The number of para-hydroxylation sites is 1. The van der Waals surface area contributed by atoms with E-state index in [2.05, 4.69) is 34.5 Å². The van der Waals surface area contributed by atoms with E-state index < -0.39 is 0 Å². The van der Waals surface area contributed by atoms with Crippen LogP contribution in [0.2, 0.25) is 0 Å². The first-order valence-corrected chi connectivity index (χ1v) is 7.46. The van der Waals surface area contributed by atoms with Gasteiger partial charge in [-0.2, -0.15) is 0 Å². The Bertz CT molecular complexity index is 407. The Kier molecular flexibility index (Phi) is 4.04. The summed E-state index contributed by atoms with van der Waals surface area (Å²) in [6.45, 7) is 4.83. The van der Waals surface area contributed by atoms with Gasteiger partial charge < -0.3 is 10.1 Å². The van der Waals surface area contributed by atoms with Gasteiger partial charge in [-0.3, -0.25) is 4.90 Å². The van der Waals surface area contributed by atoms with Gasteiger partial charge >= 0.3 is 0 Å². The molecule has 2 heterocycles. The standard InChI is InChI=1S/C16H24N2O/c1-19-16-5-3-2-4-15(16)13-7-10-18(11-8-13)14-6-9-17-12-14/h2-5,13-14,17H,6-12H2,1H3. The second-order valence-corrected chi connectivity index (χ2v) is 5.70. The fourth-order valence-electron chi connectivity index (χ4n) is 3.53. The Morgan fingerprint density at radius 1 is 1.16 bits per heavy atom. The summed E-state index contributed by atoms with van der Waals surface area (Å²) in [5, 5.41) is 3.47. The maximum Gasteiger partial charge on any atom is 0.122 e. The number of nitrogens with one attached hydrogen (secondary N) is 1. The van der Waals surface area contributed by atoms with Crippen LogP contribution in [0.15, 0.2) is 24.3 Å². The molecule has 3 heteroatoms. The Labute approximate surface area is 115 Å². The zero-order valence-electron chi connectivity index (χ0n) is 11.8. The number of nitrogens with zero attached hydrogens (tertiary/aromatic N) is 1. The molecule has 3 nitrogen and oxygen atoms in total. The van der Waals surface area contributed by atoms with E-state index in [1.807, 2.05) is 0 Å². The molecule has 19 heavy (non-hydrogen) atoms. The molecule has 2 aliphatic rings. The van der Waals surface area contributed by atoms with E-state index in [9.17, 15) is 0 Å². The molecule has 0 bridgehead atoms. The van der Waals surface area contributed by atoms with Crippen molar-refractivity contribution >= 4 is 0 Å². The van der Waals surface area contributed by atoms with E-state index >= 15 is 0 Å². The highest BCUT2D eigenvalue weighted by Gasteiger charge is 2.28. The summed E-state index contributed by atoms with van der Waals surface area (Å²) in [4.78, 5) is 2.67. The van der Waals surface area contributed by atoms with Crippen LogP contribution >= 0.6 is 0 Å². The highest BCUT2D eigenvalue weighted by Crippen LogP contribution is 2.34. The summed E-state index contributed by atoms with van der Waals surface area (Å²) in [5.41, 5.74) is 1.40. The van der Waals surface area contributed by atoms with Crippen LogP contribution in [0.4, 0.5) is 0 Å². The molecule has 0 saturated carbocycles. The van der Waals surface area contributed by atoms with Gasteiger partial charge in [0, 0.05) is 12.6 Å². The van der Waals surface area contributed by atoms with Crippen molar-refractivity contribution < 1.29 is 4.74 Å². The number of benzene rings is 1. The van der Waals surface area contributed by atoms with E-state index in [0.717, 1.165) is 11.8 Å². The molecule has 0 amide bonds. The summed E-state index contributed by atoms with van der Waals surface area (Å²) in [6.07, 6.45) is 3.84. The lowest BCUT2D eigenvalue weighted by molar-refractivity contribution is 0.160. The van der Waals surface area contributed by atoms with Crippen molar-refractivity contribution in [2.24, 2.45) is 0 Å². The van der Waals surface area contributed by atoms with E-state index in [4.69, 9.17) is 4.74 Å². The van der Waals surface area contributed by atoms with Gasteiger partial charge in [0.05, 0.1) is 7.11 Å². The molecule has 2 fully saturated rings. The van der Waals surface area contributed by atoms with Crippen molar-refractivity contribution in [3.63, 3.8) is 0 Å². The molecule has 1 unspecified atom stereocenters. The van der Waals surface area contributed by atoms with E-state index in [-0.39, 0.29) is 0 Å². The van der Waals surface area contributed by atoms with Crippen molar-refractivity contribution in [3.05, 3.63) is 29.8 Å². The summed E-state index contributed by atoms with van der Waals surface area (Å²) in [5.74, 6) is 1.73. The lowest BCUT2D eigenvalue weighted by atomic mass is 9.88.